The van der Waals surface area contributed by atoms with Crippen LogP contribution in [0.5, 0.6) is 0 Å². The summed E-state index contributed by atoms with van der Waals surface area (Å²) < 4.78 is 5.89. The molecule has 0 aliphatic carbocycles. The summed E-state index contributed by atoms with van der Waals surface area (Å²) in [4.78, 5) is 38.5. The number of nitrogens with zero attached hydrogens (tertiary/aromatic N) is 3. The van der Waals surface area contributed by atoms with Crippen molar-refractivity contribution in [1.29, 1.82) is 0 Å². The zero-order valence-corrected chi connectivity index (χ0v) is 17.9. The lowest BCUT2D eigenvalue weighted by Gasteiger charge is -2.38. The van der Waals surface area contributed by atoms with Gasteiger partial charge >= 0.3 is 0 Å². The van der Waals surface area contributed by atoms with E-state index in [-0.39, 0.29) is 29.7 Å². The van der Waals surface area contributed by atoms with Crippen LogP contribution < -0.4 is 10.2 Å². The van der Waals surface area contributed by atoms with Crippen LogP contribution >= 0.6 is 22.9 Å². The van der Waals surface area contributed by atoms with E-state index in [0.717, 1.165) is 10.8 Å². The summed E-state index contributed by atoms with van der Waals surface area (Å²) in [5.41, 5.74) is 1.41. The van der Waals surface area contributed by atoms with Crippen LogP contribution in [0.2, 0.25) is 5.15 Å². The lowest BCUT2D eigenvalue weighted by Crippen LogP contribution is -2.55. The predicted molar refractivity (Wildman–Crippen MR) is 109 cm³/mol. The standard InChI is InChI=1S/C18H24ClN5O3S/c1-5-27-13-8-24(18-21-9(2)14(28-18)11(4)25)7-6-12(13)22-17(26)16-20-10(3)15(19)23-16/h12-13H,5-8H2,1-4H3,(H,20,23)(H,22,26)/t12-,13+/m1/s1. The molecule has 2 N–H and O–H groups in total. The number of ketones is 1. The number of halogens is 1. The monoisotopic (exact) mass is 425 g/mol. The Hall–Kier alpha value is -1.97. The molecule has 1 saturated heterocycles. The number of piperidine rings is 1. The molecule has 10 heteroatoms. The SMILES string of the molecule is CCO[C@H]1CN(c2nc(C)c(C(C)=O)s2)CC[C@H]1NC(=O)c1nc(Cl)c(C)[nH]1. The van der Waals surface area contributed by atoms with Crippen LogP contribution in [0, 0.1) is 13.8 Å². The number of rotatable bonds is 6. The topological polar surface area (TPSA) is 100 Å². The largest absolute Gasteiger partial charge is 0.375 e. The molecule has 1 fully saturated rings. The summed E-state index contributed by atoms with van der Waals surface area (Å²) in [5, 5.41) is 4.11. The minimum Gasteiger partial charge on any atom is -0.375 e. The smallest absolute Gasteiger partial charge is 0.287 e. The second-order valence-electron chi connectivity index (χ2n) is 6.78. The number of aromatic amines is 1. The molecule has 0 spiro atoms. The van der Waals surface area contributed by atoms with E-state index in [1.165, 1.54) is 11.3 Å². The summed E-state index contributed by atoms with van der Waals surface area (Å²) in [6.07, 6.45) is 0.497. The van der Waals surface area contributed by atoms with Gasteiger partial charge in [-0.25, -0.2) is 9.97 Å². The second kappa shape index (κ2) is 8.59. The number of anilines is 1. The molecule has 1 aliphatic heterocycles. The molecule has 152 valence electrons. The normalized spacial score (nSPS) is 19.7. The fraction of sp³-hybridized carbons (Fsp3) is 0.556. The van der Waals surface area contributed by atoms with Crippen LogP contribution in [0.25, 0.3) is 0 Å². The van der Waals surface area contributed by atoms with Gasteiger partial charge in [0.25, 0.3) is 5.91 Å². The number of imidazole rings is 1. The van der Waals surface area contributed by atoms with Gasteiger partial charge < -0.3 is 19.9 Å². The number of hydrogen-bond donors (Lipinski definition) is 2. The second-order valence-corrected chi connectivity index (χ2v) is 8.11. The number of ether oxygens (including phenoxy) is 1. The van der Waals surface area contributed by atoms with E-state index >= 15 is 0 Å². The van der Waals surface area contributed by atoms with E-state index in [9.17, 15) is 9.59 Å². The van der Waals surface area contributed by atoms with Crippen LogP contribution in [0.3, 0.4) is 0 Å². The van der Waals surface area contributed by atoms with Crippen molar-refractivity contribution in [2.75, 3.05) is 24.6 Å². The minimum atomic E-state index is -0.304. The van der Waals surface area contributed by atoms with Crippen molar-refractivity contribution in [3.63, 3.8) is 0 Å². The van der Waals surface area contributed by atoms with Crippen molar-refractivity contribution >= 4 is 39.8 Å². The van der Waals surface area contributed by atoms with Crippen molar-refractivity contribution in [1.82, 2.24) is 20.3 Å². The van der Waals surface area contributed by atoms with Crippen molar-refractivity contribution in [2.24, 2.45) is 0 Å². The van der Waals surface area contributed by atoms with E-state index in [4.69, 9.17) is 16.3 Å². The van der Waals surface area contributed by atoms with Gasteiger partial charge in [-0.2, -0.15) is 0 Å². The maximum Gasteiger partial charge on any atom is 0.287 e. The number of nitrogens with one attached hydrogen (secondary N) is 2. The first-order chi connectivity index (χ1) is 13.3. The Labute approximate surface area is 172 Å². The van der Waals surface area contributed by atoms with Gasteiger partial charge in [0.15, 0.2) is 21.9 Å². The third-order valence-corrected chi connectivity index (χ3v) is 6.36. The van der Waals surface area contributed by atoms with E-state index in [1.807, 2.05) is 13.8 Å². The van der Waals surface area contributed by atoms with Gasteiger partial charge in [0.05, 0.1) is 28.4 Å². The van der Waals surface area contributed by atoms with Crippen molar-refractivity contribution in [3.05, 3.63) is 27.2 Å². The highest BCUT2D eigenvalue weighted by atomic mass is 35.5. The molecule has 2 aromatic heterocycles. The molecule has 3 heterocycles. The van der Waals surface area contributed by atoms with Crippen LogP contribution in [-0.4, -0.2) is 58.5 Å². The number of thiazole rings is 1. The quantitative estimate of drug-likeness (QED) is 0.690. The van der Waals surface area contributed by atoms with Crippen molar-refractivity contribution < 1.29 is 14.3 Å². The predicted octanol–water partition coefficient (Wildman–Crippen LogP) is 2.75. The molecule has 3 rings (SSSR count). The molecule has 0 saturated carbocycles. The summed E-state index contributed by atoms with van der Waals surface area (Å²) in [7, 11) is 0. The van der Waals surface area contributed by atoms with Crippen LogP contribution in [0.15, 0.2) is 0 Å². The third-order valence-electron chi connectivity index (χ3n) is 4.67. The number of aromatic nitrogens is 3. The van der Waals surface area contributed by atoms with Gasteiger partial charge in [-0.3, -0.25) is 9.59 Å². The van der Waals surface area contributed by atoms with E-state index in [0.29, 0.717) is 41.8 Å². The number of H-pyrrole nitrogens is 1. The highest BCUT2D eigenvalue weighted by molar-refractivity contribution is 7.17. The van der Waals surface area contributed by atoms with E-state index in [1.54, 1.807) is 13.8 Å². The molecule has 1 amide bonds. The lowest BCUT2D eigenvalue weighted by molar-refractivity contribution is 0.0271. The molecular formula is C18H24ClN5O3S. The summed E-state index contributed by atoms with van der Waals surface area (Å²) in [6, 6.07) is -0.152. The van der Waals surface area contributed by atoms with E-state index in [2.05, 4.69) is 25.2 Å². The molecule has 0 unspecified atom stereocenters. The lowest BCUT2D eigenvalue weighted by atomic mass is 10.0. The van der Waals surface area contributed by atoms with Gasteiger partial charge in [0.2, 0.25) is 0 Å². The Kier molecular flexibility index (Phi) is 6.36. The molecule has 1 aliphatic rings. The van der Waals surface area contributed by atoms with Gasteiger partial charge in [-0.1, -0.05) is 22.9 Å². The Balaban J connectivity index is 1.71. The first kappa shape index (κ1) is 20.8. The average Bonchev–Trinajstić information content (AvgIpc) is 3.19. The molecule has 0 bridgehead atoms. The maximum atomic E-state index is 12.5. The van der Waals surface area contributed by atoms with Gasteiger partial charge in [-0.05, 0) is 27.2 Å². The average molecular weight is 426 g/mol. The number of Topliss-reactive ketones (excluding diaryl/α,β-unsaturated/α-hetero) is 1. The van der Waals surface area contributed by atoms with E-state index < -0.39 is 0 Å². The highest BCUT2D eigenvalue weighted by Crippen LogP contribution is 2.29. The zero-order valence-electron chi connectivity index (χ0n) is 16.3. The van der Waals surface area contributed by atoms with Gasteiger partial charge in [0, 0.05) is 26.6 Å². The molecule has 0 radical (unpaired) electrons. The van der Waals surface area contributed by atoms with Gasteiger partial charge in [0.1, 0.15) is 0 Å². The molecule has 2 atom stereocenters. The fourth-order valence-electron chi connectivity index (χ4n) is 3.27. The summed E-state index contributed by atoms with van der Waals surface area (Å²) in [5.74, 6) is -0.0823. The molecule has 28 heavy (non-hydrogen) atoms. The minimum absolute atomic E-state index is 0.0251. The van der Waals surface area contributed by atoms with Crippen LogP contribution in [0.4, 0.5) is 5.13 Å². The molecule has 8 nitrogen and oxygen atoms in total. The van der Waals surface area contributed by atoms with Crippen LogP contribution in [-0.2, 0) is 4.74 Å². The Bertz CT molecular complexity index is 861. The first-order valence-electron chi connectivity index (χ1n) is 9.18. The Morgan fingerprint density at radius 3 is 2.71 bits per heavy atom. The number of carbonyl (C=O) groups is 2. The Morgan fingerprint density at radius 2 is 2.14 bits per heavy atom. The first-order valence-corrected chi connectivity index (χ1v) is 10.4. The number of aryl methyl sites for hydroxylation is 2. The summed E-state index contributed by atoms with van der Waals surface area (Å²) in [6.45, 7) is 8.91. The molecule has 2 aromatic rings. The maximum absolute atomic E-state index is 12.5. The number of hydrogen-bond acceptors (Lipinski definition) is 7. The fourth-order valence-corrected chi connectivity index (χ4v) is 4.39. The Morgan fingerprint density at radius 1 is 1.39 bits per heavy atom. The number of carbonyl (C=O) groups excluding carboxylic acids is 2. The summed E-state index contributed by atoms with van der Waals surface area (Å²) >= 11 is 7.34. The van der Waals surface area contributed by atoms with Crippen molar-refractivity contribution in [3.8, 4) is 0 Å². The molecular weight excluding hydrogens is 402 g/mol. The van der Waals surface area contributed by atoms with Crippen molar-refractivity contribution in [2.45, 2.75) is 46.3 Å². The molecule has 0 aromatic carbocycles. The van der Waals surface area contributed by atoms with Gasteiger partial charge in [-0.15, -0.1) is 0 Å². The zero-order chi connectivity index (χ0) is 20.4. The number of amides is 1. The van der Waals surface area contributed by atoms with Crippen LogP contribution in [0.1, 0.15) is 51.9 Å². The highest BCUT2D eigenvalue weighted by Gasteiger charge is 2.33. The third kappa shape index (κ3) is 4.37.